The van der Waals surface area contributed by atoms with E-state index in [1.54, 1.807) is 0 Å². The molecule has 0 saturated heterocycles. The highest BCUT2D eigenvalue weighted by atomic mass is 32.2. The third kappa shape index (κ3) is 3.64. The highest BCUT2D eigenvalue weighted by Crippen LogP contribution is 2.43. The number of rotatable bonds is 7. The van der Waals surface area contributed by atoms with Crippen LogP contribution in [0.15, 0.2) is 24.3 Å². The maximum absolute atomic E-state index is 13.4. The number of halogens is 4. The van der Waals surface area contributed by atoms with Gasteiger partial charge in [0.25, 0.3) is 0 Å². The molecule has 12 heteroatoms. The molecule has 1 unspecified atom stereocenters. The lowest BCUT2D eigenvalue weighted by Gasteiger charge is -2.27. The minimum absolute atomic E-state index is 0.0621. The van der Waals surface area contributed by atoms with Gasteiger partial charge in [0.05, 0.1) is 0 Å². The maximum atomic E-state index is 13.4. The Kier molecular flexibility index (Phi) is 5.58. The summed E-state index contributed by atoms with van der Waals surface area (Å²) in [6.45, 7) is 3.70. The van der Waals surface area contributed by atoms with Crippen molar-refractivity contribution in [1.29, 1.82) is 0 Å². The Hall–Kier alpha value is -1.40. The van der Waals surface area contributed by atoms with Crippen molar-refractivity contribution >= 4 is 20.2 Å². The summed E-state index contributed by atoms with van der Waals surface area (Å²) in [5.74, 6) is -0.673. The molecule has 0 saturated carbocycles. The van der Waals surface area contributed by atoms with Gasteiger partial charge in [-0.05, 0) is 30.0 Å². The van der Waals surface area contributed by atoms with Crippen LogP contribution in [0.5, 0.6) is 5.75 Å². The van der Waals surface area contributed by atoms with Gasteiger partial charge in [-0.25, -0.2) is 8.42 Å². The van der Waals surface area contributed by atoms with Crippen molar-refractivity contribution in [3.05, 3.63) is 29.8 Å². The van der Waals surface area contributed by atoms with Crippen LogP contribution in [0.1, 0.15) is 31.7 Å². The maximum Gasteiger partial charge on any atom is 0.457 e. The Morgan fingerprint density at radius 2 is 1.50 bits per heavy atom. The largest absolute Gasteiger partial charge is 0.743 e. The molecule has 0 heterocycles. The Balaban J connectivity index is 3.18. The Morgan fingerprint density at radius 3 is 1.88 bits per heavy atom. The van der Waals surface area contributed by atoms with Gasteiger partial charge in [-0.15, -0.1) is 0 Å². The van der Waals surface area contributed by atoms with E-state index in [4.69, 9.17) is 0 Å². The molecule has 0 aliphatic rings. The second-order valence-corrected chi connectivity index (χ2v) is 7.91. The Bertz CT molecular complexity index is 787. The first-order valence-electron chi connectivity index (χ1n) is 6.42. The molecule has 0 aliphatic carbocycles. The summed E-state index contributed by atoms with van der Waals surface area (Å²) in [5.41, 5.74) is 0.710. The molecule has 0 fully saturated rings. The molecule has 0 aromatic heterocycles. The van der Waals surface area contributed by atoms with Crippen LogP contribution >= 0.6 is 0 Å². The summed E-state index contributed by atoms with van der Waals surface area (Å²) in [7, 11) is -13.4. The second kappa shape index (κ2) is 6.48. The normalized spacial score (nSPS) is 15.1. The van der Waals surface area contributed by atoms with Crippen LogP contribution in [0.4, 0.5) is 17.6 Å². The van der Waals surface area contributed by atoms with Crippen molar-refractivity contribution < 1.29 is 43.1 Å². The molecule has 24 heavy (non-hydrogen) atoms. The third-order valence-corrected chi connectivity index (χ3v) is 5.54. The molecule has 0 radical (unpaired) electrons. The number of hydrogen-bond donors (Lipinski definition) is 0. The standard InChI is InChI=1S/C12H14F4O6S2/c1-3-8(2)9-4-6-10(7-5-9)22-24(20,21)12(15,16)11(13,14)23(17,18)19/h4-8H,3H2,1-2H3,(H,17,18,19)/p-1. The van der Waals surface area contributed by atoms with E-state index in [0.29, 0.717) is 5.56 Å². The van der Waals surface area contributed by atoms with Gasteiger partial charge in [-0.1, -0.05) is 26.0 Å². The predicted octanol–water partition coefficient (Wildman–Crippen LogP) is 2.64. The molecule has 1 aromatic rings. The molecule has 0 spiro atoms. The van der Waals surface area contributed by atoms with E-state index in [-0.39, 0.29) is 5.92 Å². The van der Waals surface area contributed by atoms with Gasteiger partial charge in [0.15, 0.2) is 10.1 Å². The van der Waals surface area contributed by atoms with E-state index in [2.05, 4.69) is 4.18 Å². The molecular formula is C12H13F4O6S2-. The van der Waals surface area contributed by atoms with Gasteiger partial charge in [-0.3, -0.25) is 0 Å². The minimum atomic E-state index is -6.95. The van der Waals surface area contributed by atoms with E-state index in [1.807, 2.05) is 13.8 Å². The fraction of sp³-hybridized carbons (Fsp3) is 0.500. The molecule has 0 aliphatic heterocycles. The van der Waals surface area contributed by atoms with Crippen LogP contribution in [0, 0.1) is 0 Å². The summed E-state index contributed by atoms with van der Waals surface area (Å²) in [6, 6.07) is 4.55. The number of benzene rings is 1. The summed E-state index contributed by atoms with van der Waals surface area (Å²) >= 11 is 0. The lowest BCUT2D eigenvalue weighted by molar-refractivity contribution is -0.105. The highest BCUT2D eigenvalue weighted by Gasteiger charge is 2.71. The number of hydrogen-bond acceptors (Lipinski definition) is 6. The monoisotopic (exact) mass is 393 g/mol. The van der Waals surface area contributed by atoms with Crippen molar-refractivity contribution in [3.8, 4) is 5.75 Å². The first-order valence-corrected chi connectivity index (χ1v) is 9.24. The zero-order valence-electron chi connectivity index (χ0n) is 12.4. The molecule has 0 amide bonds. The lowest BCUT2D eigenvalue weighted by Crippen LogP contribution is -2.53. The Labute approximate surface area is 136 Å². The average molecular weight is 393 g/mol. The van der Waals surface area contributed by atoms with E-state index < -0.39 is 36.5 Å². The van der Waals surface area contributed by atoms with E-state index in [1.165, 1.54) is 12.1 Å². The van der Waals surface area contributed by atoms with Crippen molar-refractivity contribution in [3.63, 3.8) is 0 Å². The lowest BCUT2D eigenvalue weighted by atomic mass is 9.99. The summed E-state index contributed by atoms with van der Waals surface area (Å²) in [5, 5.41) is -12.7. The minimum Gasteiger partial charge on any atom is -0.743 e. The quantitative estimate of drug-likeness (QED) is 0.401. The first-order chi connectivity index (χ1) is 10.7. The summed E-state index contributed by atoms with van der Waals surface area (Å²) in [6.07, 6.45) is 0.726. The van der Waals surface area contributed by atoms with E-state index in [9.17, 15) is 39.0 Å². The fourth-order valence-corrected chi connectivity index (χ4v) is 3.22. The van der Waals surface area contributed by atoms with Crippen LogP contribution in [0.3, 0.4) is 0 Å². The molecule has 1 aromatic carbocycles. The van der Waals surface area contributed by atoms with Crippen LogP contribution in [0.2, 0.25) is 0 Å². The van der Waals surface area contributed by atoms with Crippen LogP contribution in [0.25, 0.3) is 0 Å². The van der Waals surface area contributed by atoms with E-state index >= 15 is 0 Å². The molecule has 0 bridgehead atoms. The highest BCUT2D eigenvalue weighted by molar-refractivity contribution is 7.91. The zero-order valence-corrected chi connectivity index (χ0v) is 14.0. The van der Waals surface area contributed by atoms with Gasteiger partial charge < -0.3 is 8.74 Å². The zero-order chi connectivity index (χ0) is 19.0. The molecular weight excluding hydrogens is 380 g/mol. The van der Waals surface area contributed by atoms with Crippen LogP contribution in [-0.2, 0) is 20.2 Å². The van der Waals surface area contributed by atoms with Crippen LogP contribution in [-0.4, -0.2) is 31.9 Å². The van der Waals surface area contributed by atoms with Crippen molar-refractivity contribution in [2.24, 2.45) is 0 Å². The average Bonchev–Trinajstić information content (AvgIpc) is 2.45. The van der Waals surface area contributed by atoms with Crippen molar-refractivity contribution in [2.75, 3.05) is 0 Å². The molecule has 138 valence electrons. The van der Waals surface area contributed by atoms with Gasteiger partial charge in [-0.2, -0.15) is 26.0 Å². The van der Waals surface area contributed by atoms with Crippen molar-refractivity contribution in [2.45, 2.75) is 36.7 Å². The first kappa shape index (κ1) is 20.6. The van der Waals surface area contributed by atoms with Gasteiger partial charge in [0.2, 0.25) is 0 Å². The second-order valence-electron chi connectivity index (χ2n) is 4.90. The third-order valence-electron chi connectivity index (χ3n) is 3.23. The smallest absolute Gasteiger partial charge is 0.457 e. The topological polar surface area (TPSA) is 101 Å². The fourth-order valence-electron chi connectivity index (χ4n) is 1.56. The molecule has 0 N–H and O–H groups in total. The van der Waals surface area contributed by atoms with Crippen molar-refractivity contribution in [1.82, 2.24) is 0 Å². The number of alkyl halides is 4. The van der Waals surface area contributed by atoms with E-state index in [0.717, 1.165) is 18.6 Å². The molecule has 1 rings (SSSR count). The molecule has 6 nitrogen and oxygen atoms in total. The van der Waals surface area contributed by atoms with Crippen LogP contribution < -0.4 is 4.18 Å². The molecule has 1 atom stereocenters. The summed E-state index contributed by atoms with van der Waals surface area (Å²) < 4.78 is 110. The predicted molar refractivity (Wildman–Crippen MR) is 74.3 cm³/mol. The SMILES string of the molecule is CCC(C)c1ccc(OS(=O)(=O)C(F)(F)C(F)(F)S(=O)(=O)[O-])cc1. The Morgan fingerprint density at radius 1 is 1.04 bits per heavy atom. The van der Waals surface area contributed by atoms with Gasteiger partial charge in [0, 0.05) is 0 Å². The van der Waals surface area contributed by atoms with Gasteiger partial charge >= 0.3 is 20.6 Å². The van der Waals surface area contributed by atoms with Gasteiger partial charge in [0.1, 0.15) is 5.75 Å². The summed E-state index contributed by atoms with van der Waals surface area (Å²) in [4.78, 5) is 0.